The highest BCUT2D eigenvalue weighted by molar-refractivity contribution is 9.10. The third-order valence-corrected chi connectivity index (χ3v) is 4.14. The smallest absolute Gasteiger partial charge is 0.254 e. The summed E-state index contributed by atoms with van der Waals surface area (Å²) in [7, 11) is 0. The lowest BCUT2D eigenvalue weighted by molar-refractivity contribution is 0.0730. The molecule has 0 saturated carbocycles. The highest BCUT2D eigenvalue weighted by Gasteiger charge is 2.28. The number of hydrogen-bond acceptors (Lipinski definition) is 1. The van der Waals surface area contributed by atoms with E-state index < -0.39 is 0 Å². The van der Waals surface area contributed by atoms with Gasteiger partial charge in [0.15, 0.2) is 0 Å². The van der Waals surface area contributed by atoms with Crippen LogP contribution in [0, 0.1) is 0 Å². The van der Waals surface area contributed by atoms with Crippen molar-refractivity contribution in [1.82, 2.24) is 4.90 Å². The van der Waals surface area contributed by atoms with Gasteiger partial charge in [-0.2, -0.15) is 0 Å². The van der Waals surface area contributed by atoms with E-state index in [9.17, 15) is 4.79 Å². The van der Waals surface area contributed by atoms with Crippen molar-refractivity contribution in [2.45, 2.75) is 31.7 Å². The van der Waals surface area contributed by atoms with Crippen LogP contribution in [0.1, 0.15) is 36.0 Å². The lowest BCUT2D eigenvalue weighted by Crippen LogP contribution is -2.35. The summed E-state index contributed by atoms with van der Waals surface area (Å²) in [6.07, 6.45) is 4.21. The van der Waals surface area contributed by atoms with Gasteiger partial charge in [0, 0.05) is 28.5 Å². The number of nitrogens with zero attached hydrogens (tertiary/aromatic N) is 1. The second kappa shape index (κ2) is 6.58. The van der Waals surface area contributed by atoms with Crippen LogP contribution in [0.5, 0.6) is 0 Å². The molecule has 1 atom stereocenters. The number of carbonyl (C=O) groups is 1. The van der Waals surface area contributed by atoms with Crippen molar-refractivity contribution in [3.05, 3.63) is 34.3 Å². The third kappa shape index (κ3) is 3.27. The molecule has 1 heterocycles. The molecular weight excluding hydrogens is 314 g/mol. The number of carbonyl (C=O) groups excluding carboxylic acids is 1. The summed E-state index contributed by atoms with van der Waals surface area (Å²) in [5, 5.41) is 0. The molecule has 98 valence electrons. The molecule has 4 heteroatoms. The lowest BCUT2D eigenvalue weighted by atomic mass is 10.1. The summed E-state index contributed by atoms with van der Waals surface area (Å²) < 4.78 is 0.949. The monoisotopic (exact) mass is 329 g/mol. The molecule has 0 aliphatic carbocycles. The Labute approximate surface area is 121 Å². The van der Waals surface area contributed by atoms with Crippen LogP contribution in [-0.4, -0.2) is 29.3 Å². The number of benzene rings is 1. The summed E-state index contributed by atoms with van der Waals surface area (Å²) in [6.45, 7) is 0.873. The summed E-state index contributed by atoms with van der Waals surface area (Å²) in [5.74, 6) is 0.823. The fraction of sp³-hybridized carbons (Fsp3) is 0.500. The molecule has 1 aliphatic heterocycles. The van der Waals surface area contributed by atoms with Crippen molar-refractivity contribution in [3.63, 3.8) is 0 Å². The average molecular weight is 331 g/mol. The van der Waals surface area contributed by atoms with Crippen molar-refractivity contribution < 1.29 is 4.79 Å². The van der Waals surface area contributed by atoms with E-state index in [1.807, 2.05) is 29.2 Å². The molecule has 1 aromatic rings. The topological polar surface area (TPSA) is 20.3 Å². The van der Waals surface area contributed by atoms with Crippen LogP contribution < -0.4 is 0 Å². The number of amides is 1. The maximum Gasteiger partial charge on any atom is 0.254 e. The molecule has 1 amide bonds. The fourth-order valence-electron chi connectivity index (χ4n) is 2.50. The van der Waals surface area contributed by atoms with Gasteiger partial charge in [-0.05, 0) is 43.9 Å². The molecule has 0 bridgehead atoms. The summed E-state index contributed by atoms with van der Waals surface area (Å²) in [5.41, 5.74) is 0.766. The van der Waals surface area contributed by atoms with Gasteiger partial charge in [-0.3, -0.25) is 4.79 Å². The molecular formula is C14H17BrClNO. The first kappa shape index (κ1) is 13.9. The molecule has 0 radical (unpaired) electrons. The van der Waals surface area contributed by atoms with E-state index >= 15 is 0 Å². The van der Waals surface area contributed by atoms with E-state index in [1.165, 1.54) is 0 Å². The van der Waals surface area contributed by atoms with Crippen LogP contribution in [0.4, 0.5) is 0 Å². The molecule has 1 fully saturated rings. The number of rotatable bonds is 4. The number of alkyl halides is 1. The predicted octanol–water partition coefficient (Wildman–Crippen LogP) is 4.07. The second-order valence-corrected chi connectivity index (χ2v) is 5.93. The number of hydrogen-bond donors (Lipinski definition) is 0. The Morgan fingerprint density at radius 2 is 2.33 bits per heavy atom. The van der Waals surface area contributed by atoms with Gasteiger partial charge in [0.1, 0.15) is 0 Å². The molecule has 0 aromatic heterocycles. The van der Waals surface area contributed by atoms with Crippen LogP contribution in [0.15, 0.2) is 28.7 Å². The van der Waals surface area contributed by atoms with E-state index in [4.69, 9.17) is 11.6 Å². The summed E-state index contributed by atoms with van der Waals surface area (Å²) >= 11 is 9.14. The van der Waals surface area contributed by atoms with Gasteiger partial charge in [0.25, 0.3) is 5.91 Å². The minimum atomic E-state index is 0.147. The van der Waals surface area contributed by atoms with Gasteiger partial charge in [-0.1, -0.05) is 22.0 Å². The zero-order valence-corrected chi connectivity index (χ0v) is 12.6. The van der Waals surface area contributed by atoms with E-state index in [0.717, 1.165) is 42.3 Å². The molecule has 2 rings (SSSR count). The molecule has 18 heavy (non-hydrogen) atoms. The van der Waals surface area contributed by atoms with Crippen molar-refractivity contribution in [1.29, 1.82) is 0 Å². The maximum atomic E-state index is 12.4. The zero-order valence-electron chi connectivity index (χ0n) is 10.2. The number of halogens is 2. The Kier molecular flexibility index (Phi) is 5.07. The maximum absolute atomic E-state index is 12.4. The van der Waals surface area contributed by atoms with E-state index in [2.05, 4.69) is 15.9 Å². The lowest BCUT2D eigenvalue weighted by Gasteiger charge is -2.24. The van der Waals surface area contributed by atoms with Crippen molar-refractivity contribution >= 4 is 33.4 Å². The van der Waals surface area contributed by atoms with E-state index in [1.54, 1.807) is 0 Å². The molecule has 2 nitrogen and oxygen atoms in total. The van der Waals surface area contributed by atoms with Gasteiger partial charge in [0.05, 0.1) is 0 Å². The highest BCUT2D eigenvalue weighted by Crippen LogP contribution is 2.24. The van der Waals surface area contributed by atoms with Crippen LogP contribution >= 0.6 is 27.5 Å². The molecule has 1 aliphatic rings. The average Bonchev–Trinajstić information content (AvgIpc) is 2.83. The first-order valence-electron chi connectivity index (χ1n) is 6.35. The van der Waals surface area contributed by atoms with Crippen LogP contribution in [0.3, 0.4) is 0 Å². The summed E-state index contributed by atoms with van der Waals surface area (Å²) in [6, 6.07) is 7.98. The van der Waals surface area contributed by atoms with Gasteiger partial charge in [-0.25, -0.2) is 0 Å². The van der Waals surface area contributed by atoms with Crippen LogP contribution in [0.2, 0.25) is 0 Å². The normalized spacial score (nSPS) is 19.2. The second-order valence-electron chi connectivity index (χ2n) is 4.64. The number of likely N-dealkylation sites (tertiary alicyclic amines) is 1. The van der Waals surface area contributed by atoms with Gasteiger partial charge in [-0.15, -0.1) is 11.6 Å². The Balaban J connectivity index is 2.08. The first-order chi connectivity index (χ1) is 8.72. The Bertz CT molecular complexity index is 424. The first-order valence-corrected chi connectivity index (χ1v) is 7.67. The molecule has 0 N–H and O–H groups in total. The Hall–Kier alpha value is -0.540. The van der Waals surface area contributed by atoms with E-state index in [0.29, 0.717) is 11.9 Å². The quantitative estimate of drug-likeness (QED) is 0.762. The summed E-state index contributed by atoms with van der Waals surface area (Å²) in [4.78, 5) is 14.5. The molecule has 1 unspecified atom stereocenters. The minimum absolute atomic E-state index is 0.147. The van der Waals surface area contributed by atoms with Crippen LogP contribution in [0.25, 0.3) is 0 Å². The van der Waals surface area contributed by atoms with Crippen molar-refractivity contribution in [2.24, 2.45) is 0 Å². The highest BCUT2D eigenvalue weighted by atomic mass is 79.9. The molecule has 0 spiro atoms. The Morgan fingerprint density at radius 1 is 1.50 bits per heavy atom. The zero-order chi connectivity index (χ0) is 13.0. The Morgan fingerprint density at radius 3 is 3.06 bits per heavy atom. The third-order valence-electron chi connectivity index (χ3n) is 3.38. The minimum Gasteiger partial charge on any atom is -0.336 e. The largest absolute Gasteiger partial charge is 0.336 e. The van der Waals surface area contributed by atoms with E-state index in [-0.39, 0.29) is 5.91 Å². The standard InChI is InChI=1S/C14H17BrClNO/c15-12-5-1-4-11(10-12)14(18)17-9-3-7-13(17)6-2-8-16/h1,4-5,10,13H,2-3,6-9H2. The SMILES string of the molecule is O=C(c1cccc(Br)c1)N1CCCC1CCCCl. The fourth-order valence-corrected chi connectivity index (χ4v) is 3.06. The van der Waals surface area contributed by atoms with Gasteiger partial charge >= 0.3 is 0 Å². The van der Waals surface area contributed by atoms with Gasteiger partial charge in [0.2, 0.25) is 0 Å². The molecule has 1 aromatic carbocycles. The molecule has 1 saturated heterocycles. The predicted molar refractivity (Wildman–Crippen MR) is 78.2 cm³/mol. The van der Waals surface area contributed by atoms with Crippen molar-refractivity contribution in [3.8, 4) is 0 Å². The van der Waals surface area contributed by atoms with Crippen LogP contribution in [-0.2, 0) is 0 Å². The van der Waals surface area contributed by atoms with Crippen molar-refractivity contribution in [2.75, 3.05) is 12.4 Å². The van der Waals surface area contributed by atoms with Gasteiger partial charge < -0.3 is 4.90 Å².